The van der Waals surface area contributed by atoms with Crippen molar-refractivity contribution in [1.29, 1.82) is 0 Å². The maximum Gasteiger partial charge on any atom is 0.0625 e. The van der Waals surface area contributed by atoms with Crippen LogP contribution in [0, 0.1) is 11.3 Å². The Bertz CT molecular complexity index is 123. The molecule has 0 amide bonds. The van der Waals surface area contributed by atoms with Crippen molar-refractivity contribution in [3.63, 3.8) is 0 Å². The summed E-state index contributed by atoms with van der Waals surface area (Å²) in [5.41, 5.74) is 0.328. The van der Waals surface area contributed by atoms with Gasteiger partial charge >= 0.3 is 0 Å². The summed E-state index contributed by atoms with van der Waals surface area (Å²) in [5, 5.41) is 0. The lowest BCUT2D eigenvalue weighted by Crippen LogP contribution is -2.35. The Morgan fingerprint density at radius 1 is 1.27 bits per heavy atom. The van der Waals surface area contributed by atoms with Crippen molar-refractivity contribution in [2.45, 2.75) is 46.6 Å². The molecule has 1 saturated heterocycles. The fourth-order valence-corrected chi connectivity index (χ4v) is 1.57. The van der Waals surface area contributed by atoms with Crippen LogP contribution in [0.4, 0.5) is 0 Å². The smallest absolute Gasteiger partial charge is 0.0625 e. The Kier molecular flexibility index (Phi) is 2.58. The molecular formula is C10H20O. The van der Waals surface area contributed by atoms with E-state index in [0.717, 1.165) is 12.5 Å². The fourth-order valence-electron chi connectivity index (χ4n) is 1.57. The minimum atomic E-state index is 0.328. The number of hydrogen-bond donors (Lipinski definition) is 0. The van der Waals surface area contributed by atoms with Gasteiger partial charge in [-0.05, 0) is 24.2 Å². The van der Waals surface area contributed by atoms with Gasteiger partial charge in [-0.15, -0.1) is 0 Å². The molecule has 1 heteroatoms. The lowest BCUT2D eigenvalue weighted by Gasteiger charge is -2.36. The van der Waals surface area contributed by atoms with Crippen molar-refractivity contribution in [3.8, 4) is 0 Å². The van der Waals surface area contributed by atoms with E-state index in [1.807, 2.05) is 0 Å². The van der Waals surface area contributed by atoms with Crippen LogP contribution < -0.4 is 0 Å². The van der Waals surface area contributed by atoms with E-state index in [1.54, 1.807) is 0 Å². The first-order valence-electron chi connectivity index (χ1n) is 4.62. The zero-order valence-corrected chi connectivity index (χ0v) is 8.18. The quantitative estimate of drug-likeness (QED) is 0.524. The van der Waals surface area contributed by atoms with Crippen molar-refractivity contribution in [2.75, 3.05) is 6.61 Å². The fraction of sp³-hybridized carbons (Fsp3) is 1.00. The molecule has 66 valence electrons. The molecule has 0 radical (unpaired) electrons. The average molecular weight is 156 g/mol. The molecule has 1 rings (SSSR count). The van der Waals surface area contributed by atoms with Crippen LogP contribution in [-0.4, -0.2) is 12.7 Å². The summed E-state index contributed by atoms with van der Waals surface area (Å²) in [4.78, 5) is 0. The second-order valence-electron chi connectivity index (χ2n) is 4.86. The first-order chi connectivity index (χ1) is 5.00. The van der Waals surface area contributed by atoms with E-state index in [9.17, 15) is 0 Å². The highest BCUT2D eigenvalue weighted by molar-refractivity contribution is 4.79. The van der Waals surface area contributed by atoms with Gasteiger partial charge in [-0.2, -0.15) is 0 Å². The lowest BCUT2D eigenvalue weighted by atomic mass is 9.82. The van der Waals surface area contributed by atoms with Gasteiger partial charge < -0.3 is 4.74 Å². The van der Waals surface area contributed by atoms with E-state index in [1.165, 1.54) is 12.8 Å². The first-order valence-corrected chi connectivity index (χ1v) is 4.62. The minimum Gasteiger partial charge on any atom is -0.378 e. The maximum absolute atomic E-state index is 5.71. The molecule has 0 aromatic heterocycles. The van der Waals surface area contributed by atoms with Crippen LogP contribution in [0.25, 0.3) is 0 Å². The van der Waals surface area contributed by atoms with Crippen molar-refractivity contribution in [2.24, 2.45) is 11.3 Å². The van der Waals surface area contributed by atoms with Crippen LogP contribution in [0.1, 0.15) is 40.5 Å². The summed E-state index contributed by atoms with van der Waals surface area (Å²) in [5.74, 6) is 0.855. The highest BCUT2D eigenvalue weighted by Gasteiger charge is 2.29. The summed E-state index contributed by atoms with van der Waals surface area (Å²) >= 11 is 0. The molecule has 0 aliphatic carbocycles. The molecular weight excluding hydrogens is 136 g/mol. The molecule has 2 atom stereocenters. The average Bonchev–Trinajstić information content (AvgIpc) is 1.86. The van der Waals surface area contributed by atoms with Crippen LogP contribution in [0.2, 0.25) is 0 Å². The van der Waals surface area contributed by atoms with Crippen molar-refractivity contribution in [3.05, 3.63) is 0 Å². The number of ether oxygens (including phenoxy) is 1. The SMILES string of the molecule is CC1CCOC(C(C)(C)C)C1. The third-order valence-electron chi connectivity index (χ3n) is 2.51. The number of rotatable bonds is 0. The summed E-state index contributed by atoms with van der Waals surface area (Å²) < 4.78 is 5.71. The van der Waals surface area contributed by atoms with Gasteiger partial charge in [0.25, 0.3) is 0 Å². The molecule has 1 aliphatic rings. The van der Waals surface area contributed by atoms with E-state index in [0.29, 0.717) is 11.5 Å². The van der Waals surface area contributed by atoms with Crippen molar-refractivity contribution in [1.82, 2.24) is 0 Å². The first kappa shape index (κ1) is 9.05. The third kappa shape index (κ3) is 2.48. The Morgan fingerprint density at radius 2 is 1.91 bits per heavy atom. The van der Waals surface area contributed by atoms with Crippen molar-refractivity contribution < 1.29 is 4.74 Å². The standard InChI is InChI=1S/C10H20O/c1-8-5-6-11-9(7-8)10(2,3)4/h8-9H,5-7H2,1-4H3. The molecule has 1 fully saturated rings. The molecule has 1 aliphatic heterocycles. The third-order valence-corrected chi connectivity index (χ3v) is 2.51. The van der Waals surface area contributed by atoms with Gasteiger partial charge in [-0.25, -0.2) is 0 Å². The van der Waals surface area contributed by atoms with Gasteiger partial charge in [-0.1, -0.05) is 27.7 Å². The van der Waals surface area contributed by atoms with Gasteiger partial charge in [0, 0.05) is 6.61 Å². The van der Waals surface area contributed by atoms with Gasteiger partial charge in [0.2, 0.25) is 0 Å². The molecule has 1 heterocycles. The van der Waals surface area contributed by atoms with Gasteiger partial charge in [-0.3, -0.25) is 0 Å². The zero-order chi connectivity index (χ0) is 8.48. The van der Waals surface area contributed by atoms with E-state index in [2.05, 4.69) is 27.7 Å². The van der Waals surface area contributed by atoms with E-state index in [-0.39, 0.29) is 0 Å². The lowest BCUT2D eigenvalue weighted by molar-refractivity contribution is -0.0636. The zero-order valence-electron chi connectivity index (χ0n) is 8.18. The van der Waals surface area contributed by atoms with E-state index in [4.69, 9.17) is 4.74 Å². The minimum absolute atomic E-state index is 0.328. The van der Waals surface area contributed by atoms with Crippen LogP contribution in [0.3, 0.4) is 0 Å². The van der Waals surface area contributed by atoms with Gasteiger partial charge in [0.05, 0.1) is 6.10 Å². The molecule has 0 saturated carbocycles. The van der Waals surface area contributed by atoms with Crippen LogP contribution in [0.15, 0.2) is 0 Å². The van der Waals surface area contributed by atoms with E-state index >= 15 is 0 Å². The normalized spacial score (nSPS) is 33.8. The Balaban J connectivity index is 2.46. The van der Waals surface area contributed by atoms with Crippen molar-refractivity contribution >= 4 is 0 Å². The molecule has 1 nitrogen and oxygen atoms in total. The van der Waals surface area contributed by atoms with Crippen LogP contribution in [-0.2, 0) is 4.74 Å². The van der Waals surface area contributed by atoms with Gasteiger partial charge in [0.15, 0.2) is 0 Å². The highest BCUT2D eigenvalue weighted by atomic mass is 16.5. The Labute approximate surface area is 70.1 Å². The monoisotopic (exact) mass is 156 g/mol. The highest BCUT2D eigenvalue weighted by Crippen LogP contribution is 2.31. The predicted octanol–water partition coefficient (Wildman–Crippen LogP) is 2.85. The topological polar surface area (TPSA) is 9.23 Å². The summed E-state index contributed by atoms with van der Waals surface area (Å²) in [6.07, 6.45) is 2.96. The molecule has 0 aromatic carbocycles. The molecule has 2 unspecified atom stereocenters. The summed E-state index contributed by atoms with van der Waals surface area (Å²) in [7, 11) is 0. The molecule has 0 N–H and O–H groups in total. The van der Waals surface area contributed by atoms with Crippen LogP contribution >= 0.6 is 0 Å². The number of hydrogen-bond acceptors (Lipinski definition) is 1. The maximum atomic E-state index is 5.71. The van der Waals surface area contributed by atoms with Crippen LogP contribution in [0.5, 0.6) is 0 Å². The Morgan fingerprint density at radius 3 is 2.27 bits per heavy atom. The molecule has 0 spiro atoms. The summed E-state index contributed by atoms with van der Waals surface area (Å²) in [6, 6.07) is 0. The molecule has 0 bridgehead atoms. The molecule has 11 heavy (non-hydrogen) atoms. The second kappa shape index (κ2) is 3.14. The van der Waals surface area contributed by atoms with E-state index < -0.39 is 0 Å². The predicted molar refractivity (Wildman–Crippen MR) is 47.6 cm³/mol. The van der Waals surface area contributed by atoms with Gasteiger partial charge in [0.1, 0.15) is 0 Å². The summed E-state index contributed by atoms with van der Waals surface area (Å²) in [6.45, 7) is 10.1. The molecule has 0 aromatic rings. The second-order valence-corrected chi connectivity index (χ2v) is 4.86. The largest absolute Gasteiger partial charge is 0.378 e. The Hall–Kier alpha value is -0.0400.